The Kier molecular flexibility index (Phi) is 7.95. The molecule has 2 rings (SSSR count). The van der Waals surface area contributed by atoms with E-state index in [1.165, 1.54) is 6.42 Å². The predicted molar refractivity (Wildman–Crippen MR) is 92.9 cm³/mol. The van der Waals surface area contributed by atoms with E-state index >= 15 is 0 Å². The molecule has 132 valence electrons. The van der Waals surface area contributed by atoms with Crippen LogP contribution in [0.15, 0.2) is 12.1 Å². The first-order valence-corrected chi connectivity index (χ1v) is 7.86. The quantitative estimate of drug-likeness (QED) is 0.828. The molecule has 1 aliphatic rings. The van der Waals surface area contributed by atoms with Crippen molar-refractivity contribution in [3.05, 3.63) is 17.7 Å². The summed E-state index contributed by atoms with van der Waals surface area (Å²) in [5.41, 5.74) is 7.08. The molecule has 0 aliphatic heterocycles. The Labute approximate surface area is 144 Å². The lowest BCUT2D eigenvalue weighted by atomic mass is 9.81. The van der Waals surface area contributed by atoms with Crippen LogP contribution in [0.2, 0.25) is 0 Å². The molecule has 1 aliphatic carbocycles. The van der Waals surface area contributed by atoms with Crippen molar-refractivity contribution in [2.75, 3.05) is 21.3 Å². The molecule has 0 radical (unpaired) electrons. The number of rotatable bonds is 6. The number of aliphatic hydroxyl groups excluding tert-OH is 1. The van der Waals surface area contributed by atoms with Gasteiger partial charge >= 0.3 is 0 Å². The molecular weight excluding hydrogens is 318 g/mol. The smallest absolute Gasteiger partial charge is 0.203 e. The average Bonchev–Trinajstić information content (AvgIpc) is 2.59. The van der Waals surface area contributed by atoms with Gasteiger partial charge in [-0.3, -0.25) is 0 Å². The van der Waals surface area contributed by atoms with E-state index in [-0.39, 0.29) is 18.3 Å². The summed E-state index contributed by atoms with van der Waals surface area (Å²) in [6.07, 6.45) is 5.06. The van der Waals surface area contributed by atoms with Crippen molar-refractivity contribution in [1.82, 2.24) is 0 Å². The first-order chi connectivity index (χ1) is 10.6. The third kappa shape index (κ3) is 4.22. The van der Waals surface area contributed by atoms with E-state index in [1.807, 2.05) is 6.07 Å². The molecule has 1 fully saturated rings. The number of nitrogens with two attached hydrogens (primary N) is 1. The minimum Gasteiger partial charge on any atom is -0.493 e. The Bertz CT molecular complexity index is 492. The summed E-state index contributed by atoms with van der Waals surface area (Å²) in [6, 6.07) is 3.14. The molecule has 1 aromatic carbocycles. The Balaban J connectivity index is 0.00000264. The van der Waals surface area contributed by atoms with E-state index in [4.69, 9.17) is 19.9 Å². The third-order valence-corrected chi connectivity index (χ3v) is 4.59. The number of methoxy groups -OCH3 is 3. The van der Waals surface area contributed by atoms with Crippen molar-refractivity contribution < 1.29 is 19.3 Å². The molecule has 0 heterocycles. The van der Waals surface area contributed by atoms with E-state index in [9.17, 15) is 5.11 Å². The van der Waals surface area contributed by atoms with Gasteiger partial charge in [0.25, 0.3) is 0 Å². The third-order valence-electron chi connectivity index (χ3n) is 4.59. The number of ether oxygens (including phenoxy) is 3. The largest absolute Gasteiger partial charge is 0.493 e. The fraction of sp³-hybridized carbons (Fsp3) is 0.647. The van der Waals surface area contributed by atoms with Gasteiger partial charge in [0.1, 0.15) is 0 Å². The van der Waals surface area contributed by atoms with Gasteiger partial charge in [-0.1, -0.05) is 19.3 Å². The number of halogens is 1. The lowest BCUT2D eigenvalue weighted by Crippen LogP contribution is -2.34. The second-order valence-corrected chi connectivity index (χ2v) is 5.84. The highest BCUT2D eigenvalue weighted by Gasteiger charge is 2.30. The van der Waals surface area contributed by atoms with Crippen molar-refractivity contribution in [3.8, 4) is 17.2 Å². The van der Waals surface area contributed by atoms with Crippen LogP contribution < -0.4 is 19.9 Å². The van der Waals surface area contributed by atoms with Gasteiger partial charge in [0, 0.05) is 5.56 Å². The summed E-state index contributed by atoms with van der Waals surface area (Å²) in [4.78, 5) is 0. The molecule has 0 bridgehead atoms. The molecule has 1 aromatic rings. The van der Waals surface area contributed by atoms with Crippen LogP contribution >= 0.6 is 12.4 Å². The Morgan fingerprint density at radius 3 is 2.13 bits per heavy atom. The normalized spacial score (nSPS) is 17.8. The van der Waals surface area contributed by atoms with Gasteiger partial charge in [-0.05, 0) is 30.9 Å². The van der Waals surface area contributed by atoms with E-state index < -0.39 is 12.1 Å². The molecule has 2 atom stereocenters. The van der Waals surface area contributed by atoms with Crippen molar-refractivity contribution in [2.24, 2.45) is 11.7 Å². The van der Waals surface area contributed by atoms with E-state index in [0.29, 0.717) is 17.2 Å². The molecule has 1 saturated carbocycles. The SMILES string of the molecule is COc1ccc([C@H](N)[C@H](O)C2CCCCC2)c(OC)c1OC.Cl. The zero-order valence-electron chi connectivity index (χ0n) is 14.1. The van der Waals surface area contributed by atoms with E-state index in [2.05, 4.69) is 0 Å². The van der Waals surface area contributed by atoms with Crippen molar-refractivity contribution in [3.63, 3.8) is 0 Å². The van der Waals surface area contributed by atoms with E-state index in [1.54, 1.807) is 27.4 Å². The van der Waals surface area contributed by atoms with Crippen LogP contribution in [0.5, 0.6) is 17.2 Å². The molecule has 0 unspecified atom stereocenters. The monoisotopic (exact) mass is 345 g/mol. The van der Waals surface area contributed by atoms with Gasteiger partial charge in [-0.15, -0.1) is 12.4 Å². The fourth-order valence-corrected chi connectivity index (χ4v) is 3.34. The molecule has 0 saturated heterocycles. The Morgan fingerprint density at radius 2 is 1.61 bits per heavy atom. The molecule has 3 N–H and O–H groups in total. The zero-order chi connectivity index (χ0) is 16.1. The van der Waals surface area contributed by atoms with Crippen LogP contribution in [0.4, 0.5) is 0 Å². The standard InChI is InChI=1S/C17H27NO4.ClH/c1-20-13-10-9-12(16(21-2)17(13)22-3)14(18)15(19)11-7-5-4-6-8-11;/h9-11,14-15,19H,4-8,18H2,1-3H3;1H/t14-,15+;/m0./s1. The van der Waals surface area contributed by atoms with Gasteiger partial charge in [-0.2, -0.15) is 0 Å². The molecule has 0 spiro atoms. The van der Waals surface area contributed by atoms with Gasteiger partial charge in [0.05, 0.1) is 33.5 Å². The average molecular weight is 346 g/mol. The summed E-state index contributed by atoms with van der Waals surface area (Å²) in [5.74, 6) is 1.88. The molecule has 5 nitrogen and oxygen atoms in total. The van der Waals surface area contributed by atoms with Gasteiger partial charge in [0.2, 0.25) is 5.75 Å². The predicted octanol–water partition coefficient (Wildman–Crippen LogP) is 3.08. The summed E-state index contributed by atoms with van der Waals surface area (Å²) in [7, 11) is 4.71. The fourth-order valence-electron chi connectivity index (χ4n) is 3.34. The summed E-state index contributed by atoms with van der Waals surface area (Å²) in [6.45, 7) is 0. The summed E-state index contributed by atoms with van der Waals surface area (Å²) in [5, 5.41) is 10.7. The number of hydrogen-bond donors (Lipinski definition) is 2. The highest BCUT2D eigenvalue weighted by molar-refractivity contribution is 5.85. The molecule has 0 aromatic heterocycles. The van der Waals surface area contributed by atoms with Crippen LogP contribution in [-0.4, -0.2) is 32.5 Å². The van der Waals surface area contributed by atoms with Crippen LogP contribution in [0.25, 0.3) is 0 Å². The molecule has 23 heavy (non-hydrogen) atoms. The second-order valence-electron chi connectivity index (χ2n) is 5.84. The first kappa shape index (κ1) is 19.9. The highest BCUT2D eigenvalue weighted by atomic mass is 35.5. The maximum atomic E-state index is 10.7. The van der Waals surface area contributed by atoms with Crippen molar-refractivity contribution >= 4 is 12.4 Å². The van der Waals surface area contributed by atoms with Crippen molar-refractivity contribution in [1.29, 1.82) is 0 Å². The van der Waals surface area contributed by atoms with Crippen LogP contribution in [-0.2, 0) is 0 Å². The second kappa shape index (κ2) is 9.21. The number of hydrogen-bond acceptors (Lipinski definition) is 5. The van der Waals surface area contributed by atoms with E-state index in [0.717, 1.165) is 31.2 Å². The van der Waals surface area contributed by atoms with Crippen LogP contribution in [0.3, 0.4) is 0 Å². The van der Waals surface area contributed by atoms with Crippen molar-refractivity contribution in [2.45, 2.75) is 44.2 Å². The number of benzene rings is 1. The van der Waals surface area contributed by atoms with Crippen LogP contribution in [0, 0.1) is 5.92 Å². The molecule has 6 heteroatoms. The minimum absolute atomic E-state index is 0. The maximum Gasteiger partial charge on any atom is 0.203 e. The molecule has 0 amide bonds. The lowest BCUT2D eigenvalue weighted by molar-refractivity contribution is 0.0609. The van der Waals surface area contributed by atoms with Gasteiger partial charge in [-0.25, -0.2) is 0 Å². The Morgan fingerprint density at radius 1 is 1.00 bits per heavy atom. The summed E-state index contributed by atoms with van der Waals surface area (Å²) < 4.78 is 16.1. The number of aliphatic hydroxyl groups is 1. The maximum absolute atomic E-state index is 10.7. The molecular formula is C17H28ClNO4. The highest BCUT2D eigenvalue weighted by Crippen LogP contribution is 2.43. The topological polar surface area (TPSA) is 73.9 Å². The van der Waals surface area contributed by atoms with Gasteiger partial charge < -0.3 is 25.1 Å². The minimum atomic E-state index is -0.577. The van der Waals surface area contributed by atoms with Crippen LogP contribution in [0.1, 0.15) is 43.7 Å². The zero-order valence-corrected chi connectivity index (χ0v) is 14.9. The van der Waals surface area contributed by atoms with Gasteiger partial charge in [0.15, 0.2) is 11.5 Å². The Hall–Kier alpha value is -1.17. The lowest BCUT2D eigenvalue weighted by Gasteiger charge is -2.31. The summed E-state index contributed by atoms with van der Waals surface area (Å²) >= 11 is 0. The first-order valence-electron chi connectivity index (χ1n) is 7.86.